The molecular weight excluding hydrogens is 350 g/mol. The Balaban J connectivity index is 2.97. The van der Waals surface area contributed by atoms with Gasteiger partial charge in [-0.05, 0) is 0 Å². The van der Waals surface area contributed by atoms with E-state index in [2.05, 4.69) is 0 Å². The lowest BCUT2D eigenvalue weighted by Gasteiger charge is -2.08. The van der Waals surface area contributed by atoms with Gasteiger partial charge in [0.2, 0.25) is 0 Å². The molecule has 0 aliphatic carbocycles. The second-order valence-corrected chi connectivity index (χ2v) is 6.07. The van der Waals surface area contributed by atoms with Crippen LogP contribution in [0, 0.1) is 0 Å². The van der Waals surface area contributed by atoms with Gasteiger partial charge in [0.1, 0.15) is 0 Å². The van der Waals surface area contributed by atoms with Gasteiger partial charge in [-0.2, -0.15) is 0 Å². The Morgan fingerprint density at radius 2 is 0.960 bits per heavy atom. The summed E-state index contributed by atoms with van der Waals surface area (Å²) in [6.07, 6.45) is 0. The fraction of sp³-hybridized carbons (Fsp3) is 0.938. The first kappa shape index (κ1) is 24.7. The van der Waals surface area contributed by atoms with Crippen LogP contribution in [0.3, 0.4) is 0 Å². The minimum atomic E-state index is 0.112. The number of carbonyl (C=O) groups is 1. The molecule has 0 amide bonds. The number of rotatable bonds is 20. The lowest BCUT2D eigenvalue weighted by atomic mass is 10.6. The third kappa shape index (κ3) is 23.7. The van der Waals surface area contributed by atoms with Crippen LogP contribution < -0.4 is 5.73 Å². The van der Waals surface area contributed by atoms with Crippen molar-refractivity contribution in [3.05, 3.63) is 0 Å². The summed E-state index contributed by atoms with van der Waals surface area (Å²) >= 11 is 1.27. The van der Waals surface area contributed by atoms with Crippen molar-refractivity contribution < 1.29 is 33.2 Å². The van der Waals surface area contributed by atoms with Gasteiger partial charge in [-0.3, -0.25) is 4.79 Å². The van der Waals surface area contributed by atoms with Gasteiger partial charge in [0.25, 0.3) is 0 Å². The normalized spacial score (nSPS) is 11.1. The van der Waals surface area contributed by atoms with Crippen LogP contribution in [-0.4, -0.2) is 96.7 Å². The Morgan fingerprint density at radius 3 is 1.28 bits per heavy atom. The number of nitrogens with two attached hydrogens (primary N) is 1. The number of thioether (sulfide) groups is 1. The second-order valence-electron chi connectivity index (χ2n) is 4.80. The molecule has 0 atom stereocenters. The predicted octanol–water partition coefficient (Wildman–Crippen LogP) is 0.324. The van der Waals surface area contributed by atoms with Crippen LogP contribution in [0.15, 0.2) is 0 Å². The molecule has 2 N–H and O–H groups in total. The van der Waals surface area contributed by atoms with Crippen molar-refractivity contribution in [3.8, 4) is 0 Å². The Hall–Kier alpha value is -0.260. The first-order chi connectivity index (χ1) is 12.3. The zero-order chi connectivity index (χ0) is 18.4. The lowest BCUT2D eigenvalue weighted by Crippen LogP contribution is -2.15. The molecule has 0 saturated heterocycles. The fourth-order valence-electron chi connectivity index (χ4n) is 1.53. The van der Waals surface area contributed by atoms with E-state index >= 15 is 0 Å². The predicted molar refractivity (Wildman–Crippen MR) is 97.1 cm³/mol. The van der Waals surface area contributed by atoms with Crippen molar-refractivity contribution in [1.29, 1.82) is 0 Å². The van der Waals surface area contributed by atoms with E-state index in [0.717, 1.165) is 0 Å². The van der Waals surface area contributed by atoms with E-state index in [-0.39, 0.29) is 5.12 Å². The summed E-state index contributed by atoms with van der Waals surface area (Å²) in [5.74, 6) is 0.686. The minimum Gasteiger partial charge on any atom is -0.378 e. The Bertz CT molecular complexity index is 285. The quantitative estimate of drug-likeness (QED) is 0.298. The van der Waals surface area contributed by atoms with Crippen molar-refractivity contribution in [2.24, 2.45) is 5.73 Å². The second kappa shape index (κ2) is 21.8. The van der Waals surface area contributed by atoms with Gasteiger partial charge in [-0.15, -0.1) is 0 Å². The summed E-state index contributed by atoms with van der Waals surface area (Å²) < 4.78 is 31.9. The van der Waals surface area contributed by atoms with Gasteiger partial charge >= 0.3 is 0 Å². The Morgan fingerprint density at radius 1 is 0.640 bits per heavy atom. The monoisotopic (exact) mass is 383 g/mol. The molecular formula is C16H33NO7S. The molecule has 0 aromatic rings. The fourth-order valence-corrected chi connectivity index (χ4v) is 2.02. The summed E-state index contributed by atoms with van der Waals surface area (Å²) in [5.41, 5.74) is 5.29. The van der Waals surface area contributed by atoms with E-state index in [4.69, 9.17) is 34.2 Å². The van der Waals surface area contributed by atoms with Gasteiger partial charge in [0, 0.05) is 19.2 Å². The summed E-state index contributed by atoms with van der Waals surface area (Å²) in [5, 5.41) is 0.112. The smallest absolute Gasteiger partial charge is 0.185 e. The van der Waals surface area contributed by atoms with Crippen molar-refractivity contribution in [2.75, 3.05) is 91.6 Å². The van der Waals surface area contributed by atoms with E-state index in [1.165, 1.54) is 11.8 Å². The van der Waals surface area contributed by atoms with Crippen LogP contribution in [-0.2, 0) is 33.2 Å². The molecule has 0 saturated carbocycles. The maximum atomic E-state index is 10.7. The van der Waals surface area contributed by atoms with Crippen LogP contribution in [0.25, 0.3) is 0 Å². The number of hydrogen-bond donors (Lipinski definition) is 1. The van der Waals surface area contributed by atoms with Crippen LogP contribution >= 0.6 is 11.8 Å². The zero-order valence-electron chi connectivity index (χ0n) is 15.2. The van der Waals surface area contributed by atoms with Crippen molar-refractivity contribution in [2.45, 2.75) is 6.92 Å². The molecule has 0 aromatic heterocycles. The standard InChI is InChI=1S/C16H33NO7S/c1-16(18)25-15-14-24-13-12-23-11-10-22-9-8-21-7-6-20-5-4-19-3-2-17/h2-15,17H2,1H3. The van der Waals surface area contributed by atoms with Gasteiger partial charge in [-0.25, -0.2) is 0 Å². The van der Waals surface area contributed by atoms with Gasteiger partial charge in [0.15, 0.2) is 5.12 Å². The average Bonchev–Trinajstić information content (AvgIpc) is 2.60. The molecule has 0 spiro atoms. The van der Waals surface area contributed by atoms with Crippen molar-refractivity contribution >= 4 is 16.9 Å². The molecule has 0 aromatic carbocycles. The molecule has 0 aliphatic rings. The molecule has 0 bridgehead atoms. The van der Waals surface area contributed by atoms with Crippen LogP contribution in [0.2, 0.25) is 0 Å². The largest absolute Gasteiger partial charge is 0.378 e. The van der Waals surface area contributed by atoms with Crippen LogP contribution in [0.4, 0.5) is 0 Å². The maximum Gasteiger partial charge on any atom is 0.185 e. The van der Waals surface area contributed by atoms with Gasteiger partial charge in [0.05, 0.1) is 79.3 Å². The third-order valence-electron chi connectivity index (χ3n) is 2.66. The van der Waals surface area contributed by atoms with E-state index in [1.54, 1.807) is 6.92 Å². The maximum absolute atomic E-state index is 10.7. The topological polar surface area (TPSA) is 98.5 Å². The summed E-state index contributed by atoms with van der Waals surface area (Å²) in [6.45, 7) is 8.56. The van der Waals surface area contributed by atoms with Crippen LogP contribution in [0.1, 0.15) is 6.92 Å². The number of ether oxygens (including phenoxy) is 6. The Kier molecular flexibility index (Phi) is 21.6. The molecule has 0 heterocycles. The number of carbonyl (C=O) groups excluding carboxylic acids is 1. The lowest BCUT2D eigenvalue weighted by molar-refractivity contribution is -0.109. The molecule has 150 valence electrons. The summed E-state index contributed by atoms with van der Waals surface area (Å²) in [7, 11) is 0. The van der Waals surface area contributed by atoms with Crippen molar-refractivity contribution in [3.63, 3.8) is 0 Å². The molecule has 0 fully saturated rings. The highest BCUT2D eigenvalue weighted by molar-refractivity contribution is 8.13. The molecule has 0 radical (unpaired) electrons. The highest BCUT2D eigenvalue weighted by atomic mass is 32.2. The summed E-state index contributed by atoms with van der Waals surface area (Å²) in [6, 6.07) is 0. The van der Waals surface area contributed by atoms with Crippen molar-refractivity contribution in [1.82, 2.24) is 0 Å². The van der Waals surface area contributed by atoms with E-state index in [1.807, 2.05) is 0 Å². The van der Waals surface area contributed by atoms with Crippen LogP contribution in [0.5, 0.6) is 0 Å². The molecule has 9 heteroatoms. The highest BCUT2D eigenvalue weighted by Gasteiger charge is 1.95. The van der Waals surface area contributed by atoms with Gasteiger partial charge < -0.3 is 34.2 Å². The van der Waals surface area contributed by atoms with E-state index < -0.39 is 0 Å². The first-order valence-electron chi connectivity index (χ1n) is 8.57. The molecule has 0 aliphatic heterocycles. The summed E-state index contributed by atoms with van der Waals surface area (Å²) in [4.78, 5) is 10.7. The highest BCUT2D eigenvalue weighted by Crippen LogP contribution is 1.99. The van der Waals surface area contributed by atoms with E-state index in [0.29, 0.717) is 91.6 Å². The average molecular weight is 384 g/mol. The first-order valence-corrected chi connectivity index (χ1v) is 9.55. The number of hydrogen-bond acceptors (Lipinski definition) is 9. The molecule has 25 heavy (non-hydrogen) atoms. The Labute approximate surface area is 155 Å². The minimum absolute atomic E-state index is 0.112. The molecule has 8 nitrogen and oxygen atoms in total. The molecule has 0 unspecified atom stereocenters. The molecule has 0 rings (SSSR count). The van der Waals surface area contributed by atoms with E-state index in [9.17, 15) is 4.79 Å². The SMILES string of the molecule is CC(=O)SCCOCCOCCOCCOCCOCCOCCN. The third-order valence-corrected chi connectivity index (χ3v) is 3.43. The zero-order valence-corrected chi connectivity index (χ0v) is 16.1. The van der Waals surface area contributed by atoms with Gasteiger partial charge in [-0.1, -0.05) is 11.8 Å².